The Morgan fingerprint density at radius 3 is 2.55 bits per heavy atom. The van der Waals surface area contributed by atoms with Crippen molar-refractivity contribution in [3.63, 3.8) is 0 Å². The Morgan fingerprint density at radius 2 is 1.84 bits per heavy atom. The van der Waals surface area contributed by atoms with Crippen molar-refractivity contribution in [2.45, 2.75) is 18.4 Å². The highest BCUT2D eigenvalue weighted by Gasteiger charge is 2.45. The lowest BCUT2D eigenvalue weighted by atomic mass is 10.1. The Hall–Kier alpha value is -2.82. The third-order valence-electron chi connectivity index (χ3n) is 6.76. The zero-order chi connectivity index (χ0) is 26.0. The van der Waals surface area contributed by atoms with Gasteiger partial charge in [0.05, 0.1) is 24.5 Å². The third kappa shape index (κ3) is 5.48. The van der Waals surface area contributed by atoms with E-state index < -0.39 is 5.79 Å². The Bertz CT molecular complexity index is 1330. The minimum Gasteiger partial charge on any atom is -0.491 e. The molecule has 2 fully saturated rings. The highest BCUT2D eigenvalue weighted by molar-refractivity contribution is 7.13. The zero-order valence-corrected chi connectivity index (χ0v) is 22.9. The number of hydrogen-bond donors (Lipinski definition) is 0. The molecule has 4 heterocycles. The monoisotopic (exact) mass is 571 g/mol. The van der Waals surface area contributed by atoms with Crippen LogP contribution >= 0.6 is 34.5 Å². The summed E-state index contributed by atoms with van der Waals surface area (Å²) in [7, 11) is 0. The van der Waals surface area contributed by atoms with Crippen LogP contribution in [-0.2, 0) is 21.8 Å². The van der Waals surface area contributed by atoms with Crippen LogP contribution in [0.2, 0.25) is 10.0 Å². The largest absolute Gasteiger partial charge is 0.491 e. The first-order valence-electron chi connectivity index (χ1n) is 12.4. The number of halogens is 2. The number of aromatic nitrogens is 3. The van der Waals surface area contributed by atoms with Crippen LogP contribution in [-0.4, -0.2) is 60.0 Å². The summed E-state index contributed by atoms with van der Waals surface area (Å²) in [4.78, 5) is 13.3. The normalized spacial score (nSPS) is 21.7. The minimum absolute atomic E-state index is 0.274. The molecule has 2 aliphatic heterocycles. The molecule has 4 aromatic rings. The van der Waals surface area contributed by atoms with E-state index in [-0.39, 0.29) is 6.10 Å². The Labute approximate surface area is 235 Å². The fourth-order valence-corrected chi connectivity index (χ4v) is 6.09. The van der Waals surface area contributed by atoms with Crippen molar-refractivity contribution in [1.29, 1.82) is 0 Å². The summed E-state index contributed by atoms with van der Waals surface area (Å²) in [6.45, 7) is 4.96. The average Bonchev–Trinajstić information content (AvgIpc) is 3.72. The lowest BCUT2D eigenvalue weighted by Gasteiger charge is -2.36. The van der Waals surface area contributed by atoms with Crippen LogP contribution < -0.4 is 14.5 Å². The fraction of sp³-hybridized carbons (Fsp3) is 0.333. The van der Waals surface area contributed by atoms with Crippen LogP contribution in [0.3, 0.4) is 0 Å². The summed E-state index contributed by atoms with van der Waals surface area (Å²) in [5, 5.41) is 4.16. The van der Waals surface area contributed by atoms with E-state index in [1.165, 1.54) is 5.69 Å². The molecule has 2 aromatic heterocycles. The van der Waals surface area contributed by atoms with Gasteiger partial charge in [-0.15, -0.1) is 11.3 Å². The van der Waals surface area contributed by atoms with E-state index in [0.29, 0.717) is 29.8 Å². The minimum atomic E-state index is -1.07. The molecule has 0 aliphatic carbocycles. The lowest BCUT2D eigenvalue weighted by molar-refractivity contribution is -0.189. The van der Waals surface area contributed by atoms with E-state index >= 15 is 0 Å². The maximum absolute atomic E-state index is 6.56. The number of ether oxygens (including phenoxy) is 3. The van der Waals surface area contributed by atoms with Gasteiger partial charge in [-0.25, -0.2) is 9.97 Å². The van der Waals surface area contributed by atoms with Crippen molar-refractivity contribution in [2.75, 3.05) is 49.2 Å². The molecule has 38 heavy (non-hydrogen) atoms. The molecule has 0 bridgehead atoms. The van der Waals surface area contributed by atoms with Crippen molar-refractivity contribution >= 4 is 45.4 Å². The van der Waals surface area contributed by atoms with Gasteiger partial charge in [0.25, 0.3) is 0 Å². The summed E-state index contributed by atoms with van der Waals surface area (Å²) in [5.74, 6) is -0.281. The van der Waals surface area contributed by atoms with Gasteiger partial charge in [-0.05, 0) is 36.4 Å². The van der Waals surface area contributed by atoms with Crippen LogP contribution in [0.15, 0.2) is 72.8 Å². The molecule has 0 saturated carbocycles. The quantitative estimate of drug-likeness (QED) is 0.283. The number of piperazine rings is 1. The maximum Gasteiger partial charge on any atom is 0.215 e. The number of imidazole rings is 1. The molecule has 198 valence electrons. The number of anilines is 2. The van der Waals surface area contributed by atoms with Gasteiger partial charge in [0.1, 0.15) is 18.5 Å². The standard InChI is InChI=1S/C27H27Cl2N5O3S/c28-20-1-6-24(25(29)15-20)27(18-32-9-7-30-19-32)36-17-23(37-27)16-35-22-4-2-21(3-5-22)33-10-12-34(13-11-33)26-31-8-14-38-26/h1-9,14-15,19,23H,10-13,16-18H2. The van der Waals surface area contributed by atoms with Crippen molar-refractivity contribution in [3.05, 3.63) is 88.4 Å². The molecule has 2 saturated heterocycles. The topological polar surface area (TPSA) is 64.9 Å². The van der Waals surface area contributed by atoms with Crippen LogP contribution in [0, 0.1) is 0 Å². The average molecular weight is 573 g/mol. The van der Waals surface area contributed by atoms with E-state index in [2.05, 4.69) is 31.9 Å². The summed E-state index contributed by atoms with van der Waals surface area (Å²) in [6, 6.07) is 13.6. The molecule has 6 rings (SSSR count). The molecular formula is C27H27Cl2N5O3S. The second-order valence-corrected chi connectivity index (χ2v) is 11.0. The van der Waals surface area contributed by atoms with Gasteiger partial charge < -0.3 is 28.6 Å². The molecule has 0 amide bonds. The SMILES string of the molecule is Clc1ccc(C2(Cn3ccnc3)OCC(COc3ccc(N4CCN(c5nccs5)CC4)cc3)O2)c(Cl)c1. The van der Waals surface area contributed by atoms with Gasteiger partial charge >= 0.3 is 0 Å². The zero-order valence-electron chi connectivity index (χ0n) is 20.6. The molecule has 2 unspecified atom stereocenters. The summed E-state index contributed by atoms with van der Waals surface area (Å²) < 4.78 is 20.7. The summed E-state index contributed by atoms with van der Waals surface area (Å²) in [6.07, 6.45) is 6.90. The molecule has 11 heteroatoms. The first kappa shape index (κ1) is 25.5. The van der Waals surface area contributed by atoms with Gasteiger partial charge in [0.15, 0.2) is 5.13 Å². The molecule has 2 aliphatic rings. The van der Waals surface area contributed by atoms with Crippen molar-refractivity contribution in [3.8, 4) is 5.75 Å². The van der Waals surface area contributed by atoms with Crippen molar-refractivity contribution < 1.29 is 14.2 Å². The predicted molar refractivity (Wildman–Crippen MR) is 150 cm³/mol. The number of rotatable bonds is 8. The number of hydrogen-bond acceptors (Lipinski definition) is 8. The van der Waals surface area contributed by atoms with E-state index in [0.717, 1.165) is 42.6 Å². The molecule has 2 aromatic carbocycles. The maximum atomic E-state index is 6.56. The van der Waals surface area contributed by atoms with Crippen LogP contribution in [0.4, 0.5) is 10.8 Å². The number of thiazole rings is 1. The summed E-state index contributed by atoms with van der Waals surface area (Å²) in [5.41, 5.74) is 1.91. The van der Waals surface area contributed by atoms with Crippen LogP contribution in [0.25, 0.3) is 0 Å². The molecular weight excluding hydrogens is 545 g/mol. The van der Waals surface area contributed by atoms with Crippen LogP contribution in [0.1, 0.15) is 5.56 Å². The first-order chi connectivity index (χ1) is 18.6. The first-order valence-corrected chi connectivity index (χ1v) is 14.1. The van der Waals surface area contributed by atoms with Gasteiger partial charge in [-0.1, -0.05) is 29.3 Å². The van der Waals surface area contributed by atoms with Gasteiger partial charge in [-0.2, -0.15) is 0 Å². The van der Waals surface area contributed by atoms with Crippen LogP contribution in [0.5, 0.6) is 5.75 Å². The molecule has 8 nitrogen and oxygen atoms in total. The number of benzene rings is 2. The summed E-state index contributed by atoms with van der Waals surface area (Å²) >= 11 is 14.4. The smallest absolute Gasteiger partial charge is 0.215 e. The van der Waals surface area contributed by atoms with E-state index in [9.17, 15) is 0 Å². The third-order valence-corrected chi connectivity index (χ3v) is 8.14. The van der Waals surface area contributed by atoms with Gasteiger partial charge in [0.2, 0.25) is 5.79 Å². The molecule has 0 radical (unpaired) electrons. The Morgan fingerprint density at radius 1 is 1.03 bits per heavy atom. The lowest BCUT2D eigenvalue weighted by Crippen LogP contribution is -2.46. The predicted octanol–water partition coefficient (Wildman–Crippen LogP) is 5.32. The Balaban J connectivity index is 1.07. The van der Waals surface area contributed by atoms with E-state index in [1.807, 2.05) is 40.5 Å². The second-order valence-electron chi connectivity index (χ2n) is 9.26. The highest BCUT2D eigenvalue weighted by Crippen LogP contribution is 2.40. The van der Waals surface area contributed by atoms with Gasteiger partial charge in [-0.3, -0.25) is 0 Å². The fourth-order valence-electron chi connectivity index (χ4n) is 4.85. The Kier molecular flexibility index (Phi) is 7.45. The van der Waals surface area contributed by atoms with E-state index in [1.54, 1.807) is 36.0 Å². The van der Waals surface area contributed by atoms with E-state index in [4.69, 9.17) is 37.4 Å². The highest BCUT2D eigenvalue weighted by atomic mass is 35.5. The van der Waals surface area contributed by atoms with Crippen molar-refractivity contribution in [2.24, 2.45) is 0 Å². The second kappa shape index (κ2) is 11.1. The molecule has 2 atom stereocenters. The molecule has 0 spiro atoms. The molecule has 0 N–H and O–H groups in total. The number of nitrogens with zero attached hydrogens (tertiary/aromatic N) is 5. The van der Waals surface area contributed by atoms with Crippen molar-refractivity contribution in [1.82, 2.24) is 14.5 Å². The van der Waals surface area contributed by atoms with Gasteiger partial charge in [0, 0.05) is 66.4 Å².